The van der Waals surface area contributed by atoms with Crippen LogP contribution in [0.3, 0.4) is 0 Å². The lowest BCUT2D eigenvalue weighted by Crippen LogP contribution is -2.36. The highest BCUT2D eigenvalue weighted by Crippen LogP contribution is 2.35. The van der Waals surface area contributed by atoms with E-state index in [0.717, 1.165) is 42.1 Å². The van der Waals surface area contributed by atoms with Crippen LogP contribution < -0.4 is 10.6 Å². The molecule has 1 saturated heterocycles. The number of para-hydroxylation sites is 1. The number of hydroxylamine groups is 2. The van der Waals surface area contributed by atoms with Gasteiger partial charge in [-0.3, -0.25) is 10.2 Å². The number of aromatic nitrogens is 3. The Morgan fingerprint density at radius 2 is 1.91 bits per heavy atom. The van der Waals surface area contributed by atoms with Crippen LogP contribution in [0.5, 0.6) is 0 Å². The molecule has 5 rings (SSSR count). The third-order valence-electron chi connectivity index (χ3n) is 7.45. The Labute approximate surface area is 249 Å². The molecule has 222 valence electrons. The van der Waals surface area contributed by atoms with Crippen LogP contribution >= 0.6 is 0 Å². The molecule has 9 nitrogen and oxygen atoms in total. The topological polar surface area (TPSA) is 108 Å². The number of anilines is 1. The summed E-state index contributed by atoms with van der Waals surface area (Å²) >= 11 is 0. The summed E-state index contributed by atoms with van der Waals surface area (Å²) in [5, 5.41) is 21.7. The zero-order chi connectivity index (χ0) is 30.3. The Balaban J connectivity index is 1.35. The number of rotatable bonds is 10. The summed E-state index contributed by atoms with van der Waals surface area (Å²) < 4.78 is 29.2. The van der Waals surface area contributed by atoms with E-state index >= 15 is 0 Å². The van der Waals surface area contributed by atoms with Crippen LogP contribution in [0.15, 0.2) is 66.9 Å². The van der Waals surface area contributed by atoms with Crippen molar-refractivity contribution in [2.45, 2.75) is 39.2 Å². The number of nitrogens with one attached hydrogen (secondary N) is 2. The van der Waals surface area contributed by atoms with Crippen molar-refractivity contribution < 1.29 is 18.4 Å². The normalized spacial score (nSPS) is 16.6. The van der Waals surface area contributed by atoms with Gasteiger partial charge < -0.3 is 5.32 Å². The number of benzene rings is 2. The molecule has 0 unspecified atom stereocenters. The third kappa shape index (κ3) is 6.88. The molecule has 2 aromatic carbocycles. The summed E-state index contributed by atoms with van der Waals surface area (Å²) in [7, 11) is 0. The average molecular weight is 586 g/mol. The fourth-order valence-corrected chi connectivity index (χ4v) is 5.18. The molecule has 0 saturated carbocycles. The molecular formula is C32H33F2N7O2. The maximum absolute atomic E-state index is 14.0. The highest BCUT2D eigenvalue weighted by Gasteiger charge is 2.36. The van der Waals surface area contributed by atoms with Gasteiger partial charge in [0.15, 0.2) is 5.82 Å². The van der Waals surface area contributed by atoms with Gasteiger partial charge in [0, 0.05) is 48.4 Å². The van der Waals surface area contributed by atoms with E-state index < -0.39 is 23.9 Å². The van der Waals surface area contributed by atoms with Crippen molar-refractivity contribution in [1.29, 1.82) is 5.26 Å². The van der Waals surface area contributed by atoms with Gasteiger partial charge in [-0.1, -0.05) is 50.1 Å². The first-order chi connectivity index (χ1) is 20.9. The van der Waals surface area contributed by atoms with E-state index in [4.69, 9.17) is 9.94 Å². The molecular weight excluding hydrogens is 552 g/mol. The van der Waals surface area contributed by atoms with E-state index in [1.54, 1.807) is 16.8 Å². The molecule has 1 aliphatic rings. The molecule has 0 radical (unpaired) electrons. The number of urea groups is 1. The molecule has 0 spiro atoms. The molecule has 0 bridgehead atoms. The number of hydrogen-bond donors (Lipinski definition) is 2. The fourth-order valence-electron chi connectivity index (χ4n) is 5.18. The second kappa shape index (κ2) is 13.5. The number of amides is 2. The number of carbonyl (C=O) groups is 1. The van der Waals surface area contributed by atoms with Gasteiger partial charge in [0.25, 0.3) is 0 Å². The van der Waals surface area contributed by atoms with Crippen molar-refractivity contribution in [1.82, 2.24) is 25.1 Å². The second-order valence-electron chi connectivity index (χ2n) is 10.5. The summed E-state index contributed by atoms with van der Waals surface area (Å²) in [6.45, 7) is 5.42. The number of hydrogen-bond acceptors (Lipinski definition) is 6. The standard InChI is InChI=1S/C32H33F2N7O2/c1-3-4-8-15-40-20-25(29(43-40)24-16-27(33)30(34)36-18-24)19-37-32(42)38-31-21(2)28(23-13-11-22(17-35)12-14-23)39-41(31)26-9-6-5-7-10-26/h5-7,9-14,16,18,25,29H,3-4,8,15,19-20H2,1-2H3,(H2,37,38,42)/t25-,29+/m1/s1. The molecule has 4 aromatic rings. The first-order valence-electron chi connectivity index (χ1n) is 14.3. The minimum atomic E-state index is -1.17. The minimum absolute atomic E-state index is 0.223. The molecule has 3 heterocycles. The zero-order valence-electron chi connectivity index (χ0n) is 24.1. The van der Waals surface area contributed by atoms with E-state index in [1.165, 1.54) is 6.20 Å². The number of nitrogens with zero attached hydrogens (tertiary/aromatic N) is 5. The number of halogens is 2. The Morgan fingerprint density at radius 3 is 2.60 bits per heavy atom. The molecule has 0 aliphatic carbocycles. The maximum Gasteiger partial charge on any atom is 0.320 e. The third-order valence-corrected chi connectivity index (χ3v) is 7.45. The predicted molar refractivity (Wildman–Crippen MR) is 158 cm³/mol. The van der Waals surface area contributed by atoms with E-state index in [9.17, 15) is 18.8 Å². The molecule has 1 fully saturated rings. The summed E-state index contributed by atoms with van der Waals surface area (Å²) in [4.78, 5) is 22.9. The lowest BCUT2D eigenvalue weighted by Gasteiger charge is -2.18. The van der Waals surface area contributed by atoms with Gasteiger partial charge >= 0.3 is 6.03 Å². The maximum atomic E-state index is 14.0. The fraction of sp³-hybridized carbons (Fsp3) is 0.312. The van der Waals surface area contributed by atoms with Crippen LogP contribution in [0.1, 0.15) is 49.0 Å². The van der Waals surface area contributed by atoms with Gasteiger partial charge in [0.05, 0.1) is 23.0 Å². The van der Waals surface area contributed by atoms with Gasteiger partial charge in [-0.15, -0.1) is 0 Å². The van der Waals surface area contributed by atoms with Crippen LogP contribution in [0.25, 0.3) is 16.9 Å². The number of pyridine rings is 1. The van der Waals surface area contributed by atoms with Crippen molar-refractivity contribution >= 4 is 11.8 Å². The Bertz CT molecular complexity index is 1600. The minimum Gasteiger partial charge on any atom is -0.337 e. The highest BCUT2D eigenvalue weighted by molar-refractivity contribution is 5.91. The van der Waals surface area contributed by atoms with Crippen LogP contribution in [0.4, 0.5) is 19.4 Å². The number of unbranched alkanes of at least 4 members (excludes halogenated alkanes) is 2. The average Bonchev–Trinajstić information content (AvgIpc) is 3.58. The lowest BCUT2D eigenvalue weighted by molar-refractivity contribution is -0.149. The van der Waals surface area contributed by atoms with Crippen LogP contribution in [0.2, 0.25) is 0 Å². The first kappa shape index (κ1) is 29.8. The van der Waals surface area contributed by atoms with Crippen LogP contribution in [-0.2, 0) is 4.84 Å². The van der Waals surface area contributed by atoms with E-state index in [2.05, 4.69) is 28.6 Å². The van der Waals surface area contributed by atoms with Crippen molar-refractivity contribution in [2.75, 3.05) is 25.0 Å². The molecule has 2 aromatic heterocycles. The lowest BCUT2D eigenvalue weighted by atomic mass is 9.97. The molecule has 2 N–H and O–H groups in total. The predicted octanol–water partition coefficient (Wildman–Crippen LogP) is 6.31. The Hall–Kier alpha value is -4.66. The van der Waals surface area contributed by atoms with E-state index in [0.29, 0.717) is 35.7 Å². The largest absolute Gasteiger partial charge is 0.337 e. The van der Waals surface area contributed by atoms with Crippen molar-refractivity contribution in [3.05, 3.63) is 95.3 Å². The van der Waals surface area contributed by atoms with Crippen LogP contribution in [0, 0.1) is 35.9 Å². The van der Waals surface area contributed by atoms with Gasteiger partial charge in [-0.2, -0.15) is 19.8 Å². The van der Waals surface area contributed by atoms with Crippen molar-refractivity contribution in [3.8, 4) is 23.0 Å². The number of nitriles is 1. The van der Waals surface area contributed by atoms with Gasteiger partial charge in [-0.25, -0.2) is 18.9 Å². The Morgan fingerprint density at radius 1 is 1.14 bits per heavy atom. The van der Waals surface area contributed by atoms with Gasteiger partial charge in [0.2, 0.25) is 5.95 Å². The summed E-state index contributed by atoms with van der Waals surface area (Å²) in [5.41, 5.74) is 3.94. The number of carbonyl (C=O) groups excluding carboxylic acids is 1. The monoisotopic (exact) mass is 585 g/mol. The summed E-state index contributed by atoms with van der Waals surface area (Å²) in [5.74, 6) is -1.94. The smallest absolute Gasteiger partial charge is 0.320 e. The van der Waals surface area contributed by atoms with Crippen molar-refractivity contribution in [2.24, 2.45) is 5.92 Å². The SMILES string of the molecule is CCCCCN1C[C@@H](CNC(=O)Nc2c(C)c(-c3ccc(C#N)cc3)nn2-c2ccccc2)[C@H](c2cnc(F)c(F)c2)O1. The molecule has 1 aliphatic heterocycles. The van der Waals surface area contributed by atoms with Gasteiger partial charge in [0.1, 0.15) is 11.9 Å². The quantitative estimate of drug-likeness (QED) is 0.167. The van der Waals surface area contributed by atoms with E-state index in [-0.39, 0.29) is 12.5 Å². The highest BCUT2D eigenvalue weighted by atomic mass is 19.2. The second-order valence-corrected chi connectivity index (χ2v) is 10.5. The first-order valence-corrected chi connectivity index (χ1v) is 14.3. The zero-order valence-corrected chi connectivity index (χ0v) is 24.1. The Kier molecular flexibility index (Phi) is 9.39. The summed E-state index contributed by atoms with van der Waals surface area (Å²) in [6.07, 6.45) is 3.72. The van der Waals surface area contributed by atoms with E-state index in [1.807, 2.05) is 54.5 Å². The molecule has 2 atom stereocenters. The summed E-state index contributed by atoms with van der Waals surface area (Å²) in [6, 6.07) is 19.3. The molecule has 43 heavy (non-hydrogen) atoms. The van der Waals surface area contributed by atoms with Crippen LogP contribution in [-0.4, -0.2) is 45.5 Å². The van der Waals surface area contributed by atoms with Gasteiger partial charge in [-0.05, 0) is 43.7 Å². The molecule has 11 heteroatoms. The van der Waals surface area contributed by atoms with Crippen molar-refractivity contribution in [3.63, 3.8) is 0 Å². The molecule has 2 amide bonds.